The Labute approximate surface area is 136 Å². The van der Waals surface area contributed by atoms with Gasteiger partial charge in [-0.3, -0.25) is 9.89 Å². The van der Waals surface area contributed by atoms with E-state index in [1.165, 1.54) is 12.3 Å². The number of hydrogen-bond acceptors (Lipinski definition) is 3. The first kappa shape index (κ1) is 16.0. The van der Waals surface area contributed by atoms with Gasteiger partial charge in [0.25, 0.3) is 5.91 Å². The number of carbonyl (C=O) groups is 1. The molecule has 0 fully saturated rings. The molecule has 126 valence electrons. The second-order valence-corrected chi connectivity index (χ2v) is 6.52. The van der Waals surface area contributed by atoms with Gasteiger partial charge in [-0.1, -0.05) is 0 Å². The zero-order valence-corrected chi connectivity index (χ0v) is 13.4. The van der Waals surface area contributed by atoms with Crippen molar-refractivity contribution in [1.82, 2.24) is 14.6 Å². The van der Waals surface area contributed by atoms with Crippen LogP contribution in [0.4, 0.5) is 14.6 Å². The standard InChI is InChI=1S/C16H17F2N5O/c1-16(2,3)22-15-12(8-4-5-10(17)11(18)6-8)21-14-9(13(19)24)7-20-23(14)15/h4-7,20,22H,1-3H3,(H2,19,24). The molecule has 0 aliphatic heterocycles. The van der Waals surface area contributed by atoms with Gasteiger partial charge in [0, 0.05) is 17.3 Å². The van der Waals surface area contributed by atoms with E-state index in [2.05, 4.69) is 15.4 Å². The average Bonchev–Trinajstić information content (AvgIpc) is 3.01. The van der Waals surface area contributed by atoms with Crippen LogP contribution >= 0.6 is 0 Å². The normalized spacial score (nSPS) is 11.9. The van der Waals surface area contributed by atoms with E-state index in [-0.39, 0.29) is 11.1 Å². The van der Waals surface area contributed by atoms with Crippen LogP contribution in [0, 0.1) is 11.6 Å². The first-order chi connectivity index (χ1) is 11.2. The van der Waals surface area contributed by atoms with Crippen LogP contribution in [0.5, 0.6) is 0 Å². The molecule has 0 spiro atoms. The highest BCUT2D eigenvalue weighted by Gasteiger charge is 2.23. The van der Waals surface area contributed by atoms with E-state index in [1.807, 2.05) is 20.8 Å². The summed E-state index contributed by atoms with van der Waals surface area (Å²) in [5, 5.41) is 6.16. The monoisotopic (exact) mass is 333 g/mol. The molecule has 0 unspecified atom stereocenters. The molecule has 3 aromatic rings. The fourth-order valence-corrected chi connectivity index (χ4v) is 2.42. The summed E-state index contributed by atoms with van der Waals surface area (Å²) in [5.41, 5.74) is 6.31. The Morgan fingerprint density at radius 3 is 2.58 bits per heavy atom. The van der Waals surface area contributed by atoms with Gasteiger partial charge in [-0.15, -0.1) is 0 Å². The van der Waals surface area contributed by atoms with Gasteiger partial charge in [0.15, 0.2) is 23.1 Å². The maximum absolute atomic E-state index is 13.6. The molecule has 2 heterocycles. The second kappa shape index (κ2) is 5.33. The van der Waals surface area contributed by atoms with Crippen molar-refractivity contribution in [1.29, 1.82) is 0 Å². The number of aromatic nitrogens is 3. The number of amides is 1. The van der Waals surface area contributed by atoms with Gasteiger partial charge in [0.2, 0.25) is 0 Å². The van der Waals surface area contributed by atoms with E-state index in [0.29, 0.717) is 22.7 Å². The quantitative estimate of drug-likeness (QED) is 0.688. The predicted octanol–water partition coefficient (Wildman–Crippen LogP) is 2.92. The summed E-state index contributed by atoms with van der Waals surface area (Å²) in [5.74, 6) is -2.02. The Morgan fingerprint density at radius 2 is 2.00 bits per heavy atom. The number of aromatic amines is 1. The number of imidazole rings is 1. The topological polar surface area (TPSA) is 88.2 Å². The summed E-state index contributed by atoms with van der Waals surface area (Å²) < 4.78 is 28.4. The van der Waals surface area contributed by atoms with Gasteiger partial charge >= 0.3 is 0 Å². The number of hydrogen-bond donors (Lipinski definition) is 3. The molecular weight excluding hydrogens is 316 g/mol. The lowest BCUT2D eigenvalue weighted by Gasteiger charge is -2.22. The average molecular weight is 333 g/mol. The van der Waals surface area contributed by atoms with Crippen molar-refractivity contribution >= 4 is 17.4 Å². The number of H-pyrrole nitrogens is 1. The Bertz CT molecular complexity index is 936. The maximum atomic E-state index is 13.6. The van der Waals surface area contributed by atoms with Crippen molar-refractivity contribution in [3.8, 4) is 11.3 Å². The van der Waals surface area contributed by atoms with Crippen LogP contribution in [0.25, 0.3) is 16.9 Å². The molecule has 0 aliphatic rings. The highest BCUT2D eigenvalue weighted by molar-refractivity contribution is 5.99. The number of halogens is 2. The first-order valence-corrected chi connectivity index (χ1v) is 7.30. The second-order valence-electron chi connectivity index (χ2n) is 6.52. The molecule has 0 atom stereocenters. The fourth-order valence-electron chi connectivity index (χ4n) is 2.42. The summed E-state index contributed by atoms with van der Waals surface area (Å²) in [4.78, 5) is 15.9. The lowest BCUT2D eigenvalue weighted by molar-refractivity contribution is 0.100. The number of benzene rings is 1. The van der Waals surface area contributed by atoms with Crippen LogP contribution < -0.4 is 11.1 Å². The number of anilines is 1. The van der Waals surface area contributed by atoms with Crippen molar-refractivity contribution in [2.75, 3.05) is 5.32 Å². The predicted molar refractivity (Wildman–Crippen MR) is 86.8 cm³/mol. The Balaban J connectivity index is 2.26. The molecule has 24 heavy (non-hydrogen) atoms. The number of primary amides is 1. The number of carbonyl (C=O) groups excluding carboxylic acids is 1. The third kappa shape index (κ3) is 2.70. The van der Waals surface area contributed by atoms with Crippen molar-refractivity contribution in [3.05, 3.63) is 41.6 Å². The largest absolute Gasteiger partial charge is 0.365 e. The van der Waals surface area contributed by atoms with Crippen LogP contribution in [0.3, 0.4) is 0 Å². The van der Waals surface area contributed by atoms with E-state index in [0.717, 1.165) is 12.1 Å². The molecule has 0 radical (unpaired) electrons. The van der Waals surface area contributed by atoms with Crippen molar-refractivity contribution < 1.29 is 13.6 Å². The van der Waals surface area contributed by atoms with Crippen LogP contribution in [-0.4, -0.2) is 26.0 Å². The summed E-state index contributed by atoms with van der Waals surface area (Å²) in [6.45, 7) is 5.83. The number of nitrogens with one attached hydrogen (secondary N) is 2. The molecule has 6 nitrogen and oxygen atoms in total. The summed E-state index contributed by atoms with van der Waals surface area (Å²) in [6, 6.07) is 3.53. The van der Waals surface area contributed by atoms with E-state index in [1.54, 1.807) is 4.52 Å². The summed E-state index contributed by atoms with van der Waals surface area (Å²) in [6.07, 6.45) is 1.45. The number of nitrogens with two attached hydrogens (primary N) is 1. The minimum Gasteiger partial charge on any atom is -0.365 e. The molecule has 1 amide bonds. The lowest BCUT2D eigenvalue weighted by Crippen LogP contribution is -2.27. The first-order valence-electron chi connectivity index (χ1n) is 7.30. The van der Waals surface area contributed by atoms with Crippen LogP contribution in [0.15, 0.2) is 24.4 Å². The molecule has 1 aromatic carbocycles. The smallest absolute Gasteiger partial charge is 0.254 e. The minimum absolute atomic E-state index is 0.209. The van der Waals surface area contributed by atoms with Gasteiger partial charge in [-0.05, 0) is 39.0 Å². The molecule has 0 saturated carbocycles. The molecule has 8 heteroatoms. The number of fused-ring (bicyclic) bond motifs is 1. The van der Waals surface area contributed by atoms with Crippen molar-refractivity contribution in [2.24, 2.45) is 5.73 Å². The van der Waals surface area contributed by atoms with Gasteiger partial charge < -0.3 is 11.1 Å². The fraction of sp³-hybridized carbons (Fsp3) is 0.250. The minimum atomic E-state index is -0.971. The lowest BCUT2D eigenvalue weighted by atomic mass is 10.1. The highest BCUT2D eigenvalue weighted by Crippen LogP contribution is 2.32. The van der Waals surface area contributed by atoms with Gasteiger partial charge in [0.05, 0.1) is 0 Å². The Hall–Kier alpha value is -2.90. The molecular formula is C16H17F2N5O. The molecule has 0 saturated heterocycles. The Morgan fingerprint density at radius 1 is 1.29 bits per heavy atom. The van der Waals surface area contributed by atoms with Gasteiger partial charge in [-0.25, -0.2) is 18.3 Å². The SMILES string of the molecule is CC(C)(C)Nc1c(-c2ccc(F)c(F)c2)nc2c(C(N)=O)c[nH]n12. The van der Waals surface area contributed by atoms with E-state index < -0.39 is 17.5 Å². The van der Waals surface area contributed by atoms with E-state index in [4.69, 9.17) is 5.73 Å². The zero-order chi connectivity index (χ0) is 17.6. The summed E-state index contributed by atoms with van der Waals surface area (Å²) >= 11 is 0. The Kier molecular flexibility index (Phi) is 3.55. The van der Waals surface area contributed by atoms with Crippen LogP contribution in [0.1, 0.15) is 31.1 Å². The van der Waals surface area contributed by atoms with Crippen molar-refractivity contribution in [2.45, 2.75) is 26.3 Å². The maximum Gasteiger partial charge on any atom is 0.254 e. The van der Waals surface area contributed by atoms with Gasteiger partial charge in [0.1, 0.15) is 11.3 Å². The number of rotatable bonds is 3. The third-order valence-electron chi connectivity index (χ3n) is 3.41. The zero-order valence-electron chi connectivity index (χ0n) is 13.4. The van der Waals surface area contributed by atoms with E-state index >= 15 is 0 Å². The third-order valence-corrected chi connectivity index (χ3v) is 3.41. The molecule has 4 N–H and O–H groups in total. The van der Waals surface area contributed by atoms with Gasteiger partial charge in [-0.2, -0.15) is 0 Å². The van der Waals surface area contributed by atoms with Crippen molar-refractivity contribution in [3.63, 3.8) is 0 Å². The molecule has 2 aromatic heterocycles. The highest BCUT2D eigenvalue weighted by atomic mass is 19.2. The molecule has 0 aliphatic carbocycles. The molecule has 0 bridgehead atoms. The van der Waals surface area contributed by atoms with Crippen LogP contribution in [-0.2, 0) is 0 Å². The van der Waals surface area contributed by atoms with Crippen LogP contribution in [0.2, 0.25) is 0 Å². The summed E-state index contributed by atoms with van der Waals surface area (Å²) in [7, 11) is 0. The number of nitrogens with zero attached hydrogens (tertiary/aromatic N) is 2. The molecule has 3 rings (SSSR count). The van der Waals surface area contributed by atoms with E-state index in [9.17, 15) is 13.6 Å².